The summed E-state index contributed by atoms with van der Waals surface area (Å²) in [5.74, 6) is -3.42. The highest BCUT2D eigenvalue weighted by atomic mass is 35.5. The Morgan fingerprint density at radius 2 is 1.09 bits per heavy atom. The third-order valence-corrected chi connectivity index (χ3v) is 15.7. The molecule has 0 aromatic heterocycles. The van der Waals surface area contributed by atoms with E-state index in [9.17, 15) is 24.0 Å². The van der Waals surface area contributed by atoms with E-state index in [0.717, 1.165) is 70.6 Å². The highest BCUT2D eigenvalue weighted by Crippen LogP contribution is 2.35. The maximum Gasteiger partial charge on any atom is 0.347 e. The predicted molar refractivity (Wildman–Crippen MR) is 272 cm³/mol. The average molecular weight is 1030 g/mol. The third kappa shape index (κ3) is 21.8. The monoisotopic (exact) mass is 1030 g/mol. The van der Waals surface area contributed by atoms with Crippen LogP contribution in [0.4, 0.5) is 0 Å². The quantitative estimate of drug-likeness (QED) is 0.0117. The Kier molecular flexibility index (Phi) is 29.6. The number of fused-ring (bicyclic) bond motifs is 1. The molecule has 0 bridgehead atoms. The van der Waals surface area contributed by atoms with Crippen LogP contribution in [0.1, 0.15) is 220 Å². The van der Waals surface area contributed by atoms with Crippen molar-refractivity contribution in [2.75, 3.05) is 19.8 Å². The number of nitrogens with one attached hydrogen (secondary N) is 2. The van der Waals surface area contributed by atoms with E-state index in [4.69, 9.17) is 47.2 Å². The maximum atomic E-state index is 14.4. The SMILES string of the molecule is CCCCCCCCCCCCOC(=O)C(C)OOCC1CCC(Cl)C(NC(=O)C(C(=O)NC2CC(C(=O)OC(C)C(=O)OCCCCCCCCCCCC)CCC2Cl)N2N=NC3CCCCC32)C1. The fourth-order valence-electron chi connectivity index (χ4n) is 10.2. The lowest BCUT2D eigenvalue weighted by Gasteiger charge is -2.38. The van der Waals surface area contributed by atoms with E-state index >= 15 is 0 Å². The second kappa shape index (κ2) is 34.6. The van der Waals surface area contributed by atoms with Gasteiger partial charge in [0.1, 0.15) is 0 Å². The summed E-state index contributed by atoms with van der Waals surface area (Å²) in [5.41, 5.74) is 0. The van der Waals surface area contributed by atoms with Gasteiger partial charge in [-0.05, 0) is 84.0 Å². The van der Waals surface area contributed by atoms with Crippen molar-refractivity contribution in [1.82, 2.24) is 15.6 Å². The number of hydrogen-bond donors (Lipinski definition) is 2. The first-order valence-corrected chi connectivity index (χ1v) is 28.7. The van der Waals surface area contributed by atoms with Crippen LogP contribution in [0.5, 0.6) is 0 Å². The summed E-state index contributed by atoms with van der Waals surface area (Å²) in [6.45, 7) is 8.38. The van der Waals surface area contributed by atoms with Crippen LogP contribution in [0.3, 0.4) is 0 Å². The summed E-state index contributed by atoms with van der Waals surface area (Å²) in [6.07, 6.45) is 27.9. The maximum absolute atomic E-state index is 14.4. The first-order valence-electron chi connectivity index (χ1n) is 27.8. The zero-order valence-electron chi connectivity index (χ0n) is 43.4. The summed E-state index contributed by atoms with van der Waals surface area (Å²) >= 11 is 13.7. The number of halogens is 2. The molecule has 17 heteroatoms. The number of carbonyl (C=O) groups excluding carboxylic acids is 5. The van der Waals surface area contributed by atoms with E-state index in [1.165, 1.54) is 102 Å². The van der Waals surface area contributed by atoms with Gasteiger partial charge in [0.15, 0.2) is 12.2 Å². The van der Waals surface area contributed by atoms with E-state index in [0.29, 0.717) is 32.3 Å². The van der Waals surface area contributed by atoms with Crippen LogP contribution in [0.2, 0.25) is 0 Å². The normalized spacial score (nSPS) is 25.6. The largest absolute Gasteiger partial charge is 0.464 e. The molecule has 0 spiro atoms. The highest BCUT2D eigenvalue weighted by molar-refractivity contribution is 6.21. The van der Waals surface area contributed by atoms with E-state index in [1.54, 1.807) is 6.92 Å². The summed E-state index contributed by atoms with van der Waals surface area (Å²) in [6, 6.07) is -2.86. The summed E-state index contributed by atoms with van der Waals surface area (Å²) in [4.78, 5) is 78.5. The Bertz CT molecular complexity index is 1560. The molecule has 1 aliphatic heterocycles. The predicted octanol–water partition coefficient (Wildman–Crippen LogP) is 11.3. The van der Waals surface area contributed by atoms with Gasteiger partial charge in [0.25, 0.3) is 11.8 Å². The van der Waals surface area contributed by atoms with Crippen LogP contribution in [-0.2, 0) is 48.0 Å². The van der Waals surface area contributed by atoms with Crippen LogP contribution in [0.25, 0.3) is 0 Å². The minimum atomic E-state index is -1.37. The Morgan fingerprint density at radius 3 is 1.64 bits per heavy atom. The van der Waals surface area contributed by atoms with Crippen molar-refractivity contribution in [2.45, 2.75) is 273 Å². The van der Waals surface area contributed by atoms with E-state index < -0.39 is 76.7 Å². The molecule has 2 amide bonds. The number of alkyl halides is 2. The molecule has 2 N–H and O–H groups in total. The molecule has 11 atom stereocenters. The minimum absolute atomic E-state index is 0.0401. The van der Waals surface area contributed by atoms with Gasteiger partial charge in [0.05, 0.1) is 48.6 Å². The zero-order chi connectivity index (χ0) is 50.5. The number of carbonyl (C=O) groups is 5. The van der Waals surface area contributed by atoms with E-state index in [-0.39, 0.29) is 37.6 Å². The molecule has 70 heavy (non-hydrogen) atoms. The number of ether oxygens (including phenoxy) is 3. The molecule has 4 aliphatic rings. The van der Waals surface area contributed by atoms with Crippen LogP contribution >= 0.6 is 23.2 Å². The topological polar surface area (TPSA) is 184 Å². The van der Waals surface area contributed by atoms with Gasteiger partial charge in [-0.2, -0.15) is 5.11 Å². The molecular formula is C53H91Cl2N5O10. The van der Waals surface area contributed by atoms with Crippen LogP contribution in [0.15, 0.2) is 10.3 Å². The zero-order valence-corrected chi connectivity index (χ0v) is 44.9. The fraction of sp³-hybridized carbons (Fsp3) is 0.906. The lowest BCUT2D eigenvalue weighted by atomic mass is 9.85. The molecule has 11 unspecified atom stereocenters. The summed E-state index contributed by atoms with van der Waals surface area (Å²) < 4.78 is 16.5. The van der Waals surface area contributed by atoms with E-state index in [1.807, 2.05) is 0 Å². The molecule has 0 radical (unpaired) electrons. The van der Waals surface area contributed by atoms with Crippen molar-refractivity contribution in [1.29, 1.82) is 0 Å². The Balaban J connectivity index is 1.22. The number of unbranched alkanes of at least 4 members (excludes halogenated alkanes) is 18. The standard InChI is InChI=1S/C53H91Cl2N5O10/c1-5-7-9-11-13-15-17-19-21-25-33-66-51(63)38(3)69-53(65)41-30-32-43(55)46(36-41)57-50(62)48(60-47-28-24-23-27-44(47)58-59-60)49(61)56-45-35-40(29-31-42(45)54)37-68-70-39(4)52(64)67-34-26-22-20-18-16-14-12-10-8-6-2/h38-48H,5-37H2,1-4H3,(H,56,61)(H,57,62). The number of rotatable bonds is 35. The molecule has 0 aromatic rings. The van der Waals surface area contributed by atoms with Crippen LogP contribution < -0.4 is 10.6 Å². The van der Waals surface area contributed by atoms with Gasteiger partial charge in [-0.1, -0.05) is 147 Å². The van der Waals surface area contributed by atoms with Gasteiger partial charge in [0, 0.05) is 12.1 Å². The van der Waals surface area contributed by atoms with Gasteiger partial charge in [-0.15, -0.1) is 23.2 Å². The Morgan fingerprint density at radius 1 is 0.600 bits per heavy atom. The Hall–Kier alpha value is -2.75. The summed E-state index contributed by atoms with van der Waals surface area (Å²) in [7, 11) is 0. The van der Waals surface area contributed by atoms with Crippen molar-refractivity contribution < 1.29 is 48.0 Å². The van der Waals surface area contributed by atoms with Crippen LogP contribution in [-0.4, -0.2) is 108 Å². The lowest BCUT2D eigenvalue weighted by molar-refractivity contribution is -0.324. The van der Waals surface area contributed by atoms with Crippen molar-refractivity contribution >= 4 is 52.9 Å². The van der Waals surface area contributed by atoms with Crippen LogP contribution in [0, 0.1) is 11.8 Å². The van der Waals surface area contributed by atoms with Gasteiger partial charge in [0.2, 0.25) is 6.04 Å². The number of hydrogen-bond acceptors (Lipinski definition) is 13. The fourth-order valence-corrected chi connectivity index (χ4v) is 10.8. The molecule has 0 saturated heterocycles. The van der Waals surface area contributed by atoms with E-state index in [2.05, 4.69) is 34.8 Å². The lowest BCUT2D eigenvalue weighted by Crippen LogP contribution is -2.61. The first-order chi connectivity index (χ1) is 33.9. The molecule has 3 aliphatic carbocycles. The number of esters is 3. The second-order valence-electron chi connectivity index (χ2n) is 20.7. The second-order valence-corrected chi connectivity index (χ2v) is 21.8. The molecule has 4 rings (SSSR count). The van der Waals surface area contributed by atoms with Gasteiger partial charge in [-0.25, -0.2) is 19.4 Å². The smallest absolute Gasteiger partial charge is 0.347 e. The van der Waals surface area contributed by atoms with Gasteiger partial charge < -0.3 is 24.8 Å². The Labute approximate surface area is 430 Å². The molecule has 3 fully saturated rings. The molecule has 402 valence electrons. The first kappa shape index (κ1) is 59.8. The molecule has 3 saturated carbocycles. The number of amides is 2. The van der Waals surface area contributed by atoms with Crippen molar-refractivity contribution in [3.8, 4) is 0 Å². The van der Waals surface area contributed by atoms with Crippen molar-refractivity contribution in [2.24, 2.45) is 22.2 Å². The minimum Gasteiger partial charge on any atom is -0.464 e. The molecular weight excluding hydrogens is 938 g/mol. The summed E-state index contributed by atoms with van der Waals surface area (Å²) in [5, 5.41) is 15.6. The van der Waals surface area contributed by atoms with Crippen molar-refractivity contribution in [3.05, 3.63) is 0 Å². The van der Waals surface area contributed by atoms with Gasteiger partial charge >= 0.3 is 17.9 Å². The molecule has 0 aromatic carbocycles. The number of nitrogens with zero attached hydrogens (tertiary/aromatic N) is 3. The highest BCUT2D eigenvalue weighted by Gasteiger charge is 2.47. The molecule has 15 nitrogen and oxygen atoms in total. The third-order valence-electron chi connectivity index (χ3n) is 14.7. The molecule has 1 heterocycles. The average Bonchev–Trinajstić information content (AvgIpc) is 3.77. The van der Waals surface area contributed by atoms with Crippen molar-refractivity contribution in [3.63, 3.8) is 0 Å². The van der Waals surface area contributed by atoms with Gasteiger partial charge in [-0.3, -0.25) is 19.4 Å².